The molecule has 0 aliphatic carbocycles. The van der Waals surface area contributed by atoms with Crippen molar-refractivity contribution in [3.8, 4) is 17.6 Å². The normalized spacial score (nSPS) is 13.9. The first-order valence-corrected chi connectivity index (χ1v) is 9.66. The summed E-state index contributed by atoms with van der Waals surface area (Å²) in [5.41, 5.74) is 7.42. The van der Waals surface area contributed by atoms with Crippen LogP contribution < -0.4 is 25.4 Å². The van der Waals surface area contributed by atoms with Crippen molar-refractivity contribution in [1.29, 1.82) is 5.26 Å². The van der Waals surface area contributed by atoms with Crippen molar-refractivity contribution >= 4 is 23.2 Å². The largest absolute Gasteiger partial charge is 0.493 e. The third-order valence-corrected chi connectivity index (χ3v) is 5.07. The highest BCUT2D eigenvalue weighted by atomic mass is 16.5. The lowest BCUT2D eigenvalue weighted by Gasteiger charge is -2.33. The Hall–Kier alpha value is -3.73. The summed E-state index contributed by atoms with van der Waals surface area (Å²) in [6, 6.07) is 14.3. The van der Waals surface area contributed by atoms with Crippen molar-refractivity contribution in [2.75, 3.05) is 37.0 Å². The summed E-state index contributed by atoms with van der Waals surface area (Å²) in [5, 5.41) is 11.9. The first kappa shape index (κ1) is 21.0. The number of hydrogen-bond acceptors (Lipinski definition) is 6. The zero-order valence-electron chi connectivity index (χ0n) is 16.8. The van der Waals surface area contributed by atoms with Gasteiger partial charge in [-0.25, -0.2) is 0 Å². The Bertz CT molecular complexity index is 962. The molecule has 156 valence electrons. The molecule has 1 saturated heterocycles. The van der Waals surface area contributed by atoms with Crippen LogP contribution >= 0.6 is 0 Å². The highest BCUT2D eigenvalue weighted by molar-refractivity contribution is 5.95. The fourth-order valence-electron chi connectivity index (χ4n) is 3.45. The summed E-state index contributed by atoms with van der Waals surface area (Å²) in [7, 11) is 1.47. The monoisotopic (exact) mass is 408 g/mol. The molecule has 1 heterocycles. The predicted octanol–water partition coefficient (Wildman–Crippen LogP) is 2.29. The van der Waals surface area contributed by atoms with Crippen LogP contribution in [0.1, 0.15) is 18.4 Å². The predicted molar refractivity (Wildman–Crippen MR) is 112 cm³/mol. The van der Waals surface area contributed by atoms with Crippen molar-refractivity contribution in [3.05, 3.63) is 48.0 Å². The molecule has 2 aromatic rings. The Morgan fingerprint density at radius 3 is 2.60 bits per heavy atom. The molecule has 2 amide bonds. The van der Waals surface area contributed by atoms with E-state index in [0.717, 1.165) is 5.69 Å². The number of nitrogens with one attached hydrogen (secondary N) is 1. The molecule has 0 unspecified atom stereocenters. The zero-order valence-corrected chi connectivity index (χ0v) is 16.8. The second-order valence-corrected chi connectivity index (χ2v) is 7.00. The number of carbonyl (C=O) groups excluding carboxylic acids is 2. The molecular weight excluding hydrogens is 384 g/mol. The first-order chi connectivity index (χ1) is 14.5. The topological polar surface area (TPSA) is 118 Å². The first-order valence-electron chi connectivity index (χ1n) is 9.66. The Morgan fingerprint density at radius 1 is 1.20 bits per heavy atom. The molecule has 0 bridgehead atoms. The lowest BCUT2D eigenvalue weighted by Crippen LogP contribution is -2.39. The number of ether oxygens (including phenoxy) is 2. The smallest absolute Gasteiger partial charge is 0.262 e. The van der Waals surface area contributed by atoms with Gasteiger partial charge in [0.2, 0.25) is 5.91 Å². The van der Waals surface area contributed by atoms with Crippen molar-refractivity contribution in [2.45, 2.75) is 12.8 Å². The van der Waals surface area contributed by atoms with Crippen LogP contribution in [0.2, 0.25) is 0 Å². The van der Waals surface area contributed by atoms with E-state index in [-0.39, 0.29) is 24.3 Å². The van der Waals surface area contributed by atoms with Gasteiger partial charge < -0.3 is 25.4 Å². The minimum absolute atomic E-state index is 0.0983. The van der Waals surface area contributed by atoms with Gasteiger partial charge in [0, 0.05) is 25.1 Å². The van der Waals surface area contributed by atoms with Crippen LogP contribution in [0.4, 0.5) is 11.4 Å². The van der Waals surface area contributed by atoms with Crippen LogP contribution in [0.15, 0.2) is 42.5 Å². The van der Waals surface area contributed by atoms with E-state index in [1.165, 1.54) is 7.11 Å². The number of amides is 2. The number of carbonyl (C=O) groups is 2. The standard InChI is InChI=1S/C22H24N4O4/c1-29-20-12-15(13-23)6-7-19(20)30-14-21(27)25-17-4-2-3-5-18(17)26-10-8-16(9-11-26)22(24)28/h2-7,12,16H,8-11,14H2,1H3,(H2,24,28)(H,25,27). The molecule has 1 aliphatic rings. The van der Waals surface area contributed by atoms with E-state index in [1.54, 1.807) is 18.2 Å². The minimum Gasteiger partial charge on any atom is -0.493 e. The van der Waals surface area contributed by atoms with Crippen LogP contribution in [0.25, 0.3) is 0 Å². The average Bonchev–Trinajstić information content (AvgIpc) is 2.78. The maximum absolute atomic E-state index is 12.5. The number of rotatable bonds is 7. The number of primary amides is 1. The molecule has 0 aromatic heterocycles. The number of nitriles is 1. The van der Waals surface area contributed by atoms with Crippen LogP contribution in [0.5, 0.6) is 11.5 Å². The maximum atomic E-state index is 12.5. The van der Waals surface area contributed by atoms with E-state index in [2.05, 4.69) is 10.2 Å². The molecule has 3 rings (SSSR count). The molecule has 1 aliphatic heterocycles. The maximum Gasteiger partial charge on any atom is 0.262 e. The van der Waals surface area contributed by atoms with E-state index >= 15 is 0 Å². The molecule has 0 atom stereocenters. The van der Waals surface area contributed by atoms with Crippen LogP contribution in [0.3, 0.4) is 0 Å². The van der Waals surface area contributed by atoms with Crippen LogP contribution in [0, 0.1) is 17.2 Å². The molecule has 3 N–H and O–H groups in total. The van der Waals surface area contributed by atoms with E-state index in [9.17, 15) is 9.59 Å². The fourth-order valence-corrected chi connectivity index (χ4v) is 3.45. The number of methoxy groups -OCH3 is 1. The second kappa shape index (κ2) is 9.65. The Kier molecular flexibility index (Phi) is 6.75. The summed E-state index contributed by atoms with van der Waals surface area (Å²) in [5.74, 6) is 0.0966. The average molecular weight is 408 g/mol. The van der Waals surface area contributed by atoms with Crippen LogP contribution in [-0.4, -0.2) is 38.6 Å². The number of nitrogens with two attached hydrogens (primary N) is 1. The number of benzene rings is 2. The Morgan fingerprint density at radius 2 is 1.93 bits per heavy atom. The summed E-state index contributed by atoms with van der Waals surface area (Å²) in [4.78, 5) is 26.0. The van der Waals surface area contributed by atoms with Gasteiger partial charge in [-0.15, -0.1) is 0 Å². The van der Waals surface area contributed by atoms with Crippen molar-refractivity contribution in [1.82, 2.24) is 0 Å². The molecule has 0 spiro atoms. The van der Waals surface area contributed by atoms with Gasteiger partial charge in [-0.3, -0.25) is 9.59 Å². The lowest BCUT2D eigenvalue weighted by molar-refractivity contribution is -0.122. The van der Waals surface area contributed by atoms with E-state index in [1.807, 2.05) is 30.3 Å². The summed E-state index contributed by atoms with van der Waals surface area (Å²) in [6.45, 7) is 1.18. The number of nitrogens with zero attached hydrogens (tertiary/aromatic N) is 2. The second-order valence-electron chi connectivity index (χ2n) is 7.00. The molecular formula is C22H24N4O4. The SMILES string of the molecule is COc1cc(C#N)ccc1OCC(=O)Nc1ccccc1N1CCC(C(N)=O)CC1. The van der Waals surface area contributed by atoms with E-state index < -0.39 is 0 Å². The van der Waals surface area contributed by atoms with E-state index in [0.29, 0.717) is 48.7 Å². The van der Waals surface area contributed by atoms with Crippen molar-refractivity contribution < 1.29 is 19.1 Å². The number of piperidine rings is 1. The molecule has 30 heavy (non-hydrogen) atoms. The highest BCUT2D eigenvalue weighted by Gasteiger charge is 2.24. The van der Waals surface area contributed by atoms with Gasteiger partial charge in [0.1, 0.15) is 0 Å². The zero-order chi connectivity index (χ0) is 21.5. The molecule has 0 saturated carbocycles. The fraction of sp³-hybridized carbons (Fsp3) is 0.318. The van der Waals surface area contributed by atoms with Crippen molar-refractivity contribution in [3.63, 3.8) is 0 Å². The molecule has 2 aromatic carbocycles. The quantitative estimate of drug-likeness (QED) is 0.726. The van der Waals surface area contributed by atoms with Crippen LogP contribution in [-0.2, 0) is 9.59 Å². The summed E-state index contributed by atoms with van der Waals surface area (Å²) >= 11 is 0. The summed E-state index contributed by atoms with van der Waals surface area (Å²) < 4.78 is 10.8. The summed E-state index contributed by atoms with van der Waals surface area (Å²) in [6.07, 6.45) is 1.39. The van der Waals surface area contributed by atoms with Gasteiger partial charge in [-0.2, -0.15) is 5.26 Å². The van der Waals surface area contributed by atoms with Gasteiger partial charge in [-0.05, 0) is 37.1 Å². The highest BCUT2D eigenvalue weighted by Crippen LogP contribution is 2.30. The molecule has 8 nitrogen and oxygen atoms in total. The molecule has 1 fully saturated rings. The van der Waals surface area contributed by atoms with E-state index in [4.69, 9.17) is 20.5 Å². The third kappa shape index (κ3) is 5.00. The van der Waals surface area contributed by atoms with Gasteiger partial charge in [0.05, 0.1) is 30.1 Å². The Balaban J connectivity index is 1.63. The molecule has 8 heteroatoms. The lowest BCUT2D eigenvalue weighted by atomic mass is 9.96. The van der Waals surface area contributed by atoms with Gasteiger partial charge in [0.25, 0.3) is 5.91 Å². The Labute approximate surface area is 175 Å². The number of hydrogen-bond donors (Lipinski definition) is 2. The van der Waals surface area contributed by atoms with Gasteiger partial charge in [-0.1, -0.05) is 12.1 Å². The third-order valence-electron chi connectivity index (χ3n) is 5.07. The number of anilines is 2. The van der Waals surface area contributed by atoms with Crippen molar-refractivity contribution in [2.24, 2.45) is 11.7 Å². The number of para-hydroxylation sites is 2. The van der Waals surface area contributed by atoms with Gasteiger partial charge in [0.15, 0.2) is 18.1 Å². The molecule has 0 radical (unpaired) electrons. The minimum atomic E-state index is -0.319. The van der Waals surface area contributed by atoms with Gasteiger partial charge >= 0.3 is 0 Å².